The van der Waals surface area contributed by atoms with Crippen molar-refractivity contribution in [3.05, 3.63) is 17.5 Å². The highest BCUT2D eigenvalue weighted by Gasteiger charge is 2.35. The number of nitrogens with one attached hydrogen (secondary N) is 1. The zero-order valence-corrected chi connectivity index (χ0v) is 12.6. The van der Waals surface area contributed by atoms with Crippen LogP contribution in [-0.4, -0.2) is 32.9 Å². The summed E-state index contributed by atoms with van der Waals surface area (Å²) in [6.45, 7) is 6.27. The van der Waals surface area contributed by atoms with Crippen LogP contribution in [0.2, 0.25) is 0 Å². The van der Waals surface area contributed by atoms with Gasteiger partial charge in [-0.05, 0) is 38.7 Å². The van der Waals surface area contributed by atoms with Crippen molar-refractivity contribution in [1.82, 2.24) is 15.1 Å². The lowest BCUT2D eigenvalue weighted by molar-refractivity contribution is -0.125. The first-order valence-electron chi connectivity index (χ1n) is 7.37. The van der Waals surface area contributed by atoms with Crippen molar-refractivity contribution >= 4 is 5.91 Å². The smallest absolute Gasteiger partial charge is 0.242 e. The van der Waals surface area contributed by atoms with Gasteiger partial charge in [-0.2, -0.15) is 5.10 Å². The van der Waals surface area contributed by atoms with Crippen molar-refractivity contribution in [3.8, 4) is 0 Å². The monoisotopic (exact) mass is 279 g/mol. The summed E-state index contributed by atoms with van der Waals surface area (Å²) >= 11 is 0. The van der Waals surface area contributed by atoms with Crippen LogP contribution in [0.15, 0.2) is 6.07 Å². The van der Waals surface area contributed by atoms with Crippen LogP contribution in [0.25, 0.3) is 0 Å². The van der Waals surface area contributed by atoms with Gasteiger partial charge in [0.25, 0.3) is 0 Å². The van der Waals surface area contributed by atoms with Gasteiger partial charge in [0.2, 0.25) is 5.91 Å². The number of carbonyl (C=O) groups is 1. The maximum atomic E-state index is 12.2. The second-order valence-corrected chi connectivity index (χ2v) is 6.27. The molecule has 2 rings (SSSR count). The summed E-state index contributed by atoms with van der Waals surface area (Å²) in [5.41, 5.74) is 1.45. The van der Waals surface area contributed by atoms with Gasteiger partial charge in [0, 0.05) is 5.69 Å². The largest absolute Gasteiger partial charge is 0.394 e. The lowest BCUT2D eigenvalue weighted by Crippen LogP contribution is -2.54. The Hall–Kier alpha value is -1.36. The number of hydrogen-bond donors (Lipinski definition) is 2. The molecule has 5 heteroatoms. The Labute approximate surface area is 120 Å². The minimum Gasteiger partial charge on any atom is -0.394 e. The lowest BCUT2D eigenvalue weighted by Gasteiger charge is -2.39. The van der Waals surface area contributed by atoms with Gasteiger partial charge in [-0.1, -0.05) is 19.8 Å². The molecule has 1 aromatic heterocycles. The molecule has 0 bridgehead atoms. The molecule has 0 aliphatic heterocycles. The number of hydrogen-bond acceptors (Lipinski definition) is 3. The summed E-state index contributed by atoms with van der Waals surface area (Å²) in [5.74, 6) is 0.476. The molecule has 1 fully saturated rings. The number of aliphatic hydroxyl groups excluding tert-OH is 1. The maximum Gasteiger partial charge on any atom is 0.242 e. The number of nitrogens with zero attached hydrogens (tertiary/aromatic N) is 2. The summed E-state index contributed by atoms with van der Waals surface area (Å²) < 4.78 is 1.71. The average Bonchev–Trinajstić information content (AvgIpc) is 2.67. The Morgan fingerprint density at radius 1 is 1.60 bits per heavy atom. The van der Waals surface area contributed by atoms with E-state index < -0.39 is 5.54 Å². The van der Waals surface area contributed by atoms with Crippen molar-refractivity contribution in [2.45, 2.75) is 58.5 Å². The highest BCUT2D eigenvalue weighted by molar-refractivity contribution is 5.76. The van der Waals surface area contributed by atoms with E-state index in [0.717, 1.165) is 30.7 Å². The quantitative estimate of drug-likeness (QED) is 0.879. The standard InChI is InChI=1S/C15H25N3O2/c1-11-5-4-6-15(8-11,10-19)16-14(20)9-18-13(3)7-12(2)17-18/h7,11,19H,4-6,8-10H2,1-3H3,(H,16,20). The molecule has 1 aromatic rings. The molecule has 1 saturated carbocycles. The van der Waals surface area contributed by atoms with Crippen LogP contribution in [-0.2, 0) is 11.3 Å². The van der Waals surface area contributed by atoms with E-state index in [2.05, 4.69) is 17.3 Å². The number of aromatic nitrogens is 2. The summed E-state index contributed by atoms with van der Waals surface area (Å²) in [4.78, 5) is 12.2. The van der Waals surface area contributed by atoms with Gasteiger partial charge < -0.3 is 10.4 Å². The van der Waals surface area contributed by atoms with E-state index >= 15 is 0 Å². The van der Waals surface area contributed by atoms with Gasteiger partial charge in [0.1, 0.15) is 6.54 Å². The van der Waals surface area contributed by atoms with Crippen LogP contribution in [0.3, 0.4) is 0 Å². The van der Waals surface area contributed by atoms with Crippen LogP contribution in [0.5, 0.6) is 0 Å². The number of aliphatic hydroxyl groups is 1. The second kappa shape index (κ2) is 5.95. The fourth-order valence-corrected chi connectivity index (χ4v) is 3.26. The van der Waals surface area contributed by atoms with E-state index in [1.807, 2.05) is 19.9 Å². The first-order valence-corrected chi connectivity index (χ1v) is 7.37. The molecule has 0 aromatic carbocycles. The maximum absolute atomic E-state index is 12.2. The van der Waals surface area contributed by atoms with Crippen LogP contribution in [0.4, 0.5) is 0 Å². The molecule has 20 heavy (non-hydrogen) atoms. The Morgan fingerprint density at radius 3 is 2.90 bits per heavy atom. The minimum absolute atomic E-state index is 0.0141. The molecule has 1 amide bonds. The average molecular weight is 279 g/mol. The van der Waals surface area contributed by atoms with Crippen LogP contribution in [0, 0.1) is 19.8 Å². The molecule has 5 nitrogen and oxygen atoms in total. The van der Waals surface area contributed by atoms with E-state index in [4.69, 9.17) is 0 Å². The molecule has 0 radical (unpaired) electrons. The molecule has 2 atom stereocenters. The predicted octanol–water partition coefficient (Wildman–Crippen LogP) is 1.56. The second-order valence-electron chi connectivity index (χ2n) is 6.27. The van der Waals surface area contributed by atoms with Crippen molar-refractivity contribution in [3.63, 3.8) is 0 Å². The van der Waals surface area contributed by atoms with Crippen molar-refractivity contribution in [2.75, 3.05) is 6.61 Å². The minimum atomic E-state index is -0.440. The normalized spacial score (nSPS) is 26.5. The highest BCUT2D eigenvalue weighted by atomic mass is 16.3. The van der Waals surface area contributed by atoms with Crippen LogP contribution < -0.4 is 5.32 Å². The molecule has 112 valence electrons. The third-order valence-corrected chi connectivity index (χ3v) is 4.20. The molecule has 0 spiro atoms. The van der Waals surface area contributed by atoms with Gasteiger partial charge in [0.15, 0.2) is 0 Å². The van der Waals surface area contributed by atoms with Gasteiger partial charge >= 0.3 is 0 Å². The first-order chi connectivity index (χ1) is 9.44. The van der Waals surface area contributed by atoms with Crippen molar-refractivity contribution in [1.29, 1.82) is 0 Å². The zero-order chi connectivity index (χ0) is 14.8. The molecular formula is C15H25N3O2. The third kappa shape index (κ3) is 3.39. The fourth-order valence-electron chi connectivity index (χ4n) is 3.26. The summed E-state index contributed by atoms with van der Waals surface area (Å²) in [6.07, 6.45) is 3.94. The SMILES string of the molecule is Cc1cc(C)n(CC(=O)NC2(CO)CCCC(C)C2)n1. The number of rotatable bonds is 4. The molecule has 2 unspecified atom stereocenters. The summed E-state index contributed by atoms with van der Waals surface area (Å²) in [6, 6.07) is 1.96. The summed E-state index contributed by atoms with van der Waals surface area (Å²) in [7, 11) is 0. The van der Waals surface area contributed by atoms with E-state index in [0.29, 0.717) is 5.92 Å². The Morgan fingerprint density at radius 2 is 2.35 bits per heavy atom. The fraction of sp³-hybridized carbons (Fsp3) is 0.733. The Kier molecular flexibility index (Phi) is 4.48. The molecule has 2 N–H and O–H groups in total. The number of carbonyl (C=O) groups excluding carboxylic acids is 1. The van der Waals surface area contributed by atoms with Gasteiger partial charge in [-0.25, -0.2) is 0 Å². The molecule has 1 heterocycles. The van der Waals surface area contributed by atoms with E-state index in [-0.39, 0.29) is 19.1 Å². The Bertz CT molecular complexity index is 483. The zero-order valence-electron chi connectivity index (χ0n) is 12.6. The topological polar surface area (TPSA) is 67.2 Å². The van der Waals surface area contributed by atoms with E-state index in [9.17, 15) is 9.90 Å². The van der Waals surface area contributed by atoms with E-state index in [1.165, 1.54) is 6.42 Å². The number of amides is 1. The molecule has 0 saturated heterocycles. The third-order valence-electron chi connectivity index (χ3n) is 4.20. The van der Waals surface area contributed by atoms with E-state index in [1.54, 1.807) is 4.68 Å². The van der Waals surface area contributed by atoms with Gasteiger partial charge in [0.05, 0.1) is 17.8 Å². The molecule has 1 aliphatic rings. The Balaban J connectivity index is 2.00. The van der Waals surface area contributed by atoms with Gasteiger partial charge in [-0.3, -0.25) is 9.48 Å². The lowest BCUT2D eigenvalue weighted by atomic mass is 9.77. The van der Waals surface area contributed by atoms with Crippen molar-refractivity contribution in [2.24, 2.45) is 5.92 Å². The van der Waals surface area contributed by atoms with Crippen LogP contribution >= 0.6 is 0 Å². The van der Waals surface area contributed by atoms with Gasteiger partial charge in [-0.15, -0.1) is 0 Å². The first kappa shape index (κ1) is 15.0. The molecular weight excluding hydrogens is 254 g/mol. The van der Waals surface area contributed by atoms with Crippen LogP contribution in [0.1, 0.15) is 44.0 Å². The molecule has 1 aliphatic carbocycles. The summed E-state index contributed by atoms with van der Waals surface area (Å²) in [5, 5.41) is 17.0. The van der Waals surface area contributed by atoms with Crippen molar-refractivity contribution < 1.29 is 9.90 Å². The highest BCUT2D eigenvalue weighted by Crippen LogP contribution is 2.31. The predicted molar refractivity (Wildman–Crippen MR) is 77.3 cm³/mol. The number of aryl methyl sites for hydroxylation is 2.